The van der Waals surface area contributed by atoms with Gasteiger partial charge in [0.25, 0.3) is 0 Å². The van der Waals surface area contributed by atoms with Crippen LogP contribution in [0.2, 0.25) is 0 Å². The first-order chi connectivity index (χ1) is 8.92. The molecule has 0 spiro atoms. The molecule has 1 aromatic carbocycles. The lowest BCUT2D eigenvalue weighted by Gasteiger charge is -2.06. The van der Waals surface area contributed by atoms with E-state index < -0.39 is 0 Å². The first-order valence-electron chi connectivity index (χ1n) is 6.14. The van der Waals surface area contributed by atoms with Crippen molar-refractivity contribution in [3.05, 3.63) is 59.9 Å². The zero-order valence-electron chi connectivity index (χ0n) is 9.85. The van der Waals surface area contributed by atoms with Crippen molar-refractivity contribution >= 4 is 17.1 Å². The van der Waals surface area contributed by atoms with Gasteiger partial charge < -0.3 is 4.98 Å². The van der Waals surface area contributed by atoms with E-state index in [2.05, 4.69) is 52.5 Å². The van der Waals surface area contributed by atoms with Crippen LogP contribution in [-0.2, 0) is 6.42 Å². The highest BCUT2D eigenvalue weighted by atomic mass is 14.8. The summed E-state index contributed by atoms with van der Waals surface area (Å²) in [5, 5.41) is 1.18. The molecule has 0 saturated carbocycles. The number of H-pyrrole nitrogens is 1. The van der Waals surface area contributed by atoms with Gasteiger partial charge in [-0.15, -0.1) is 0 Å². The zero-order valence-corrected chi connectivity index (χ0v) is 9.85. The average molecular weight is 232 g/mol. The van der Waals surface area contributed by atoms with Crippen LogP contribution in [0, 0.1) is 0 Å². The minimum absolute atomic E-state index is 0.948. The summed E-state index contributed by atoms with van der Waals surface area (Å²) in [6.45, 7) is 0. The maximum atomic E-state index is 4.33. The van der Waals surface area contributed by atoms with Gasteiger partial charge in [0.15, 0.2) is 0 Å². The second kappa shape index (κ2) is 3.57. The number of pyridine rings is 1. The van der Waals surface area contributed by atoms with Gasteiger partial charge in [-0.3, -0.25) is 0 Å². The molecule has 0 amide bonds. The molecular weight excluding hydrogens is 220 g/mol. The van der Waals surface area contributed by atoms with Gasteiger partial charge in [-0.05, 0) is 46.9 Å². The van der Waals surface area contributed by atoms with Crippen molar-refractivity contribution in [3.8, 4) is 11.1 Å². The van der Waals surface area contributed by atoms with Gasteiger partial charge in [-0.1, -0.05) is 24.3 Å². The van der Waals surface area contributed by atoms with Crippen LogP contribution in [0.4, 0.5) is 0 Å². The van der Waals surface area contributed by atoms with Crippen LogP contribution in [0.1, 0.15) is 11.1 Å². The lowest BCUT2D eigenvalue weighted by molar-refractivity contribution is 1.31. The molecule has 86 valence electrons. The first-order valence-corrected chi connectivity index (χ1v) is 6.14. The number of hydrogen-bond donors (Lipinski definition) is 1. The minimum Gasteiger partial charge on any atom is -0.346 e. The number of hydrogen-bond acceptors (Lipinski definition) is 1. The van der Waals surface area contributed by atoms with Gasteiger partial charge in [0.1, 0.15) is 5.65 Å². The van der Waals surface area contributed by atoms with E-state index in [1.54, 1.807) is 0 Å². The highest BCUT2D eigenvalue weighted by Crippen LogP contribution is 2.30. The Hall–Kier alpha value is -2.35. The van der Waals surface area contributed by atoms with Gasteiger partial charge in [-0.2, -0.15) is 0 Å². The van der Waals surface area contributed by atoms with E-state index in [0.29, 0.717) is 0 Å². The quantitative estimate of drug-likeness (QED) is 0.679. The number of nitrogens with one attached hydrogen (secondary N) is 1. The molecule has 0 saturated heterocycles. The Balaban J connectivity index is 1.97. The number of aromatic nitrogens is 2. The number of nitrogens with zero attached hydrogens (tertiary/aromatic N) is 1. The number of aromatic amines is 1. The van der Waals surface area contributed by atoms with Crippen molar-refractivity contribution in [1.29, 1.82) is 0 Å². The van der Waals surface area contributed by atoms with Crippen molar-refractivity contribution < 1.29 is 0 Å². The zero-order chi connectivity index (χ0) is 11.9. The van der Waals surface area contributed by atoms with Gasteiger partial charge >= 0.3 is 0 Å². The topological polar surface area (TPSA) is 28.7 Å². The number of rotatable bonds is 1. The van der Waals surface area contributed by atoms with E-state index >= 15 is 0 Å². The molecule has 3 aromatic rings. The van der Waals surface area contributed by atoms with Crippen LogP contribution in [0.15, 0.2) is 48.8 Å². The van der Waals surface area contributed by atoms with Crippen LogP contribution in [0.3, 0.4) is 0 Å². The number of benzene rings is 1. The Bertz CT molecular complexity index is 766. The van der Waals surface area contributed by atoms with Gasteiger partial charge in [-0.25, -0.2) is 4.98 Å². The van der Waals surface area contributed by atoms with E-state index in [1.165, 1.54) is 27.6 Å². The van der Waals surface area contributed by atoms with E-state index in [1.807, 2.05) is 12.4 Å². The van der Waals surface area contributed by atoms with Crippen LogP contribution in [0.25, 0.3) is 28.2 Å². The summed E-state index contributed by atoms with van der Waals surface area (Å²) in [5.74, 6) is 0. The van der Waals surface area contributed by atoms with Gasteiger partial charge in [0.05, 0.1) is 0 Å². The van der Waals surface area contributed by atoms with E-state index in [4.69, 9.17) is 0 Å². The Labute approximate surface area is 105 Å². The smallest absolute Gasteiger partial charge is 0.137 e. The largest absolute Gasteiger partial charge is 0.346 e. The SMILES string of the molecule is C1=Cc2cc(-c3ccnc4[nH]ccc34)ccc2C1. The molecule has 0 fully saturated rings. The Morgan fingerprint density at radius 3 is 3.11 bits per heavy atom. The summed E-state index contributed by atoms with van der Waals surface area (Å²) < 4.78 is 0. The van der Waals surface area contributed by atoms with E-state index in [9.17, 15) is 0 Å². The van der Waals surface area contributed by atoms with E-state index in [-0.39, 0.29) is 0 Å². The molecule has 1 N–H and O–H groups in total. The third-order valence-corrected chi connectivity index (χ3v) is 3.55. The molecule has 2 heteroatoms. The molecule has 2 heterocycles. The summed E-state index contributed by atoms with van der Waals surface area (Å²) in [6, 6.07) is 10.9. The summed E-state index contributed by atoms with van der Waals surface area (Å²) >= 11 is 0. The van der Waals surface area contributed by atoms with Crippen LogP contribution >= 0.6 is 0 Å². The first kappa shape index (κ1) is 9.66. The van der Waals surface area contributed by atoms with Crippen molar-refractivity contribution in [1.82, 2.24) is 9.97 Å². The summed E-state index contributed by atoms with van der Waals surface area (Å²) in [4.78, 5) is 7.49. The second-order valence-electron chi connectivity index (χ2n) is 4.62. The van der Waals surface area contributed by atoms with Crippen molar-refractivity contribution in [2.45, 2.75) is 6.42 Å². The summed E-state index contributed by atoms with van der Waals surface area (Å²) in [7, 11) is 0. The normalized spacial score (nSPS) is 13.1. The van der Waals surface area contributed by atoms with Crippen molar-refractivity contribution in [2.75, 3.05) is 0 Å². The lowest BCUT2D eigenvalue weighted by Crippen LogP contribution is -1.85. The molecule has 0 radical (unpaired) electrons. The van der Waals surface area contributed by atoms with E-state index in [0.717, 1.165) is 12.1 Å². The molecule has 0 bridgehead atoms. The molecule has 1 aliphatic rings. The minimum atomic E-state index is 0.948. The predicted octanol–water partition coefficient (Wildman–Crippen LogP) is 3.80. The molecule has 1 aliphatic carbocycles. The predicted molar refractivity (Wildman–Crippen MR) is 74.3 cm³/mol. The van der Waals surface area contributed by atoms with Crippen LogP contribution in [0.5, 0.6) is 0 Å². The third kappa shape index (κ3) is 1.32. The molecule has 0 aliphatic heterocycles. The molecule has 2 aromatic heterocycles. The highest BCUT2D eigenvalue weighted by molar-refractivity contribution is 5.93. The summed E-state index contributed by atoms with van der Waals surface area (Å²) in [6.07, 6.45) is 9.28. The Morgan fingerprint density at radius 2 is 2.11 bits per heavy atom. The van der Waals surface area contributed by atoms with Crippen molar-refractivity contribution in [2.24, 2.45) is 0 Å². The van der Waals surface area contributed by atoms with Crippen LogP contribution in [-0.4, -0.2) is 9.97 Å². The molecule has 18 heavy (non-hydrogen) atoms. The van der Waals surface area contributed by atoms with Gasteiger partial charge in [0.2, 0.25) is 0 Å². The lowest BCUT2D eigenvalue weighted by atomic mass is 9.99. The molecular formula is C16H12N2. The fraction of sp³-hybridized carbons (Fsp3) is 0.0625. The maximum Gasteiger partial charge on any atom is 0.137 e. The maximum absolute atomic E-state index is 4.33. The second-order valence-corrected chi connectivity index (χ2v) is 4.62. The van der Waals surface area contributed by atoms with Crippen LogP contribution < -0.4 is 0 Å². The van der Waals surface area contributed by atoms with Gasteiger partial charge in [0, 0.05) is 17.8 Å². The highest BCUT2D eigenvalue weighted by Gasteiger charge is 2.09. The molecule has 2 nitrogen and oxygen atoms in total. The Morgan fingerprint density at radius 1 is 1.11 bits per heavy atom. The molecule has 0 atom stereocenters. The number of allylic oxidation sites excluding steroid dienone is 1. The average Bonchev–Trinajstić information content (AvgIpc) is 3.05. The summed E-state index contributed by atoms with van der Waals surface area (Å²) in [5.41, 5.74) is 6.20. The third-order valence-electron chi connectivity index (χ3n) is 3.55. The monoisotopic (exact) mass is 232 g/mol. The fourth-order valence-corrected chi connectivity index (χ4v) is 2.63. The molecule has 0 unspecified atom stereocenters. The fourth-order valence-electron chi connectivity index (χ4n) is 2.63. The molecule has 4 rings (SSSR count). The van der Waals surface area contributed by atoms with Crippen molar-refractivity contribution in [3.63, 3.8) is 0 Å². The standard InChI is InChI=1S/C16H12N2/c1-2-11-4-5-13(10-12(11)3-1)14-6-8-17-16-15(14)7-9-18-16/h1,3-10H,2H2,(H,17,18). The number of fused-ring (bicyclic) bond motifs is 2. The Kier molecular flexibility index (Phi) is 1.92.